The molecule has 0 saturated heterocycles. The third-order valence-corrected chi connectivity index (χ3v) is 3.75. The molecule has 3 atom stereocenters. The Morgan fingerprint density at radius 1 is 1.09 bits per heavy atom. The molecule has 0 spiro atoms. The molecule has 3 aliphatic rings. The van der Waals surface area contributed by atoms with Gasteiger partial charge in [0.25, 0.3) is 0 Å². The monoisotopic (exact) mass is 148 g/mol. The van der Waals surface area contributed by atoms with Crippen LogP contribution < -0.4 is 0 Å². The molecular formula is C11H16. The van der Waals surface area contributed by atoms with E-state index in [-0.39, 0.29) is 0 Å². The lowest BCUT2D eigenvalue weighted by Gasteiger charge is -2.16. The van der Waals surface area contributed by atoms with Gasteiger partial charge in [0, 0.05) is 0 Å². The van der Waals surface area contributed by atoms with Gasteiger partial charge in [-0.3, -0.25) is 0 Å². The largest absolute Gasteiger partial charge is 0.0851 e. The summed E-state index contributed by atoms with van der Waals surface area (Å²) in [5.41, 5.74) is 0. The summed E-state index contributed by atoms with van der Waals surface area (Å²) in [6.45, 7) is 0. The summed E-state index contributed by atoms with van der Waals surface area (Å²) >= 11 is 0. The standard InChI is InChI=1S/C11H16/c1-2-8(1)5-11-7-9-3-4-10(11)6-9/h3-4,8-11H,1-2,5-7H2. The fourth-order valence-electron chi connectivity index (χ4n) is 2.95. The van der Waals surface area contributed by atoms with Crippen molar-refractivity contribution in [3.05, 3.63) is 12.2 Å². The molecule has 0 aromatic carbocycles. The van der Waals surface area contributed by atoms with Crippen LogP contribution >= 0.6 is 0 Å². The molecule has 0 heterocycles. The first-order valence-corrected chi connectivity index (χ1v) is 5.10. The van der Waals surface area contributed by atoms with Crippen molar-refractivity contribution in [3.63, 3.8) is 0 Å². The Hall–Kier alpha value is -0.260. The van der Waals surface area contributed by atoms with Crippen LogP contribution in [0, 0.1) is 23.7 Å². The first-order valence-electron chi connectivity index (χ1n) is 5.10. The normalized spacial score (nSPS) is 47.1. The second-order valence-corrected chi connectivity index (χ2v) is 4.72. The zero-order chi connectivity index (χ0) is 7.26. The van der Waals surface area contributed by atoms with Crippen LogP contribution in [0.5, 0.6) is 0 Å². The summed E-state index contributed by atoms with van der Waals surface area (Å²) in [5, 5.41) is 0. The lowest BCUT2D eigenvalue weighted by Crippen LogP contribution is -2.07. The van der Waals surface area contributed by atoms with E-state index in [1.165, 1.54) is 25.7 Å². The Morgan fingerprint density at radius 2 is 2.00 bits per heavy atom. The maximum Gasteiger partial charge on any atom is -0.0199 e. The smallest absolute Gasteiger partial charge is 0.0199 e. The Morgan fingerprint density at radius 3 is 2.55 bits per heavy atom. The van der Waals surface area contributed by atoms with Gasteiger partial charge in [-0.2, -0.15) is 0 Å². The zero-order valence-corrected chi connectivity index (χ0v) is 7.00. The van der Waals surface area contributed by atoms with E-state index in [0.29, 0.717) is 0 Å². The summed E-state index contributed by atoms with van der Waals surface area (Å²) in [6.07, 6.45) is 12.6. The first-order chi connectivity index (χ1) is 5.42. The molecule has 3 unspecified atom stereocenters. The molecule has 2 bridgehead atoms. The van der Waals surface area contributed by atoms with Gasteiger partial charge in [-0.15, -0.1) is 0 Å². The van der Waals surface area contributed by atoms with Crippen molar-refractivity contribution >= 4 is 0 Å². The summed E-state index contributed by atoms with van der Waals surface area (Å²) < 4.78 is 0. The highest BCUT2D eigenvalue weighted by molar-refractivity contribution is 5.10. The second kappa shape index (κ2) is 2.12. The fourth-order valence-corrected chi connectivity index (χ4v) is 2.95. The molecule has 2 saturated carbocycles. The van der Waals surface area contributed by atoms with E-state index in [1.807, 2.05) is 0 Å². The van der Waals surface area contributed by atoms with Crippen molar-refractivity contribution in [2.75, 3.05) is 0 Å². The minimum Gasteiger partial charge on any atom is -0.0851 e. The molecule has 0 nitrogen and oxygen atoms in total. The number of hydrogen-bond acceptors (Lipinski definition) is 0. The molecule has 2 fully saturated rings. The van der Waals surface area contributed by atoms with Crippen molar-refractivity contribution in [2.24, 2.45) is 23.7 Å². The van der Waals surface area contributed by atoms with Gasteiger partial charge in [-0.1, -0.05) is 25.0 Å². The summed E-state index contributed by atoms with van der Waals surface area (Å²) in [5.74, 6) is 4.23. The maximum atomic E-state index is 2.49. The topological polar surface area (TPSA) is 0 Å². The fraction of sp³-hybridized carbons (Fsp3) is 0.818. The minimum absolute atomic E-state index is 0.990. The van der Waals surface area contributed by atoms with Crippen molar-refractivity contribution in [3.8, 4) is 0 Å². The summed E-state index contributed by atoms with van der Waals surface area (Å²) in [4.78, 5) is 0. The predicted octanol–water partition coefficient (Wildman–Crippen LogP) is 3.00. The molecular weight excluding hydrogens is 132 g/mol. The molecule has 0 aromatic rings. The third kappa shape index (κ3) is 1.04. The van der Waals surface area contributed by atoms with Gasteiger partial charge in [0.05, 0.1) is 0 Å². The molecule has 0 amide bonds. The van der Waals surface area contributed by atoms with Crippen molar-refractivity contribution in [2.45, 2.75) is 32.1 Å². The van der Waals surface area contributed by atoms with Gasteiger partial charge in [-0.25, -0.2) is 0 Å². The highest BCUT2D eigenvalue weighted by atomic mass is 14.4. The molecule has 0 heteroatoms. The van der Waals surface area contributed by atoms with Crippen molar-refractivity contribution in [1.29, 1.82) is 0 Å². The molecule has 3 rings (SSSR count). The molecule has 0 aromatic heterocycles. The van der Waals surface area contributed by atoms with Gasteiger partial charge >= 0.3 is 0 Å². The molecule has 11 heavy (non-hydrogen) atoms. The van der Waals surface area contributed by atoms with Gasteiger partial charge < -0.3 is 0 Å². The van der Waals surface area contributed by atoms with E-state index >= 15 is 0 Å². The lowest BCUT2D eigenvalue weighted by atomic mass is 9.89. The summed E-state index contributed by atoms with van der Waals surface area (Å²) in [7, 11) is 0. The van der Waals surface area contributed by atoms with E-state index in [0.717, 1.165) is 23.7 Å². The molecule has 0 N–H and O–H groups in total. The quantitative estimate of drug-likeness (QED) is 0.528. The SMILES string of the molecule is C1=CC2CC1CC2CC1CC1. The van der Waals surface area contributed by atoms with E-state index in [1.54, 1.807) is 6.42 Å². The predicted molar refractivity (Wildman–Crippen MR) is 46.2 cm³/mol. The summed E-state index contributed by atoms with van der Waals surface area (Å²) in [6, 6.07) is 0. The average Bonchev–Trinajstić information content (AvgIpc) is 2.61. The number of rotatable bonds is 2. The average molecular weight is 148 g/mol. The maximum absolute atomic E-state index is 2.49. The number of allylic oxidation sites excluding steroid dienone is 2. The molecule has 0 radical (unpaired) electrons. The third-order valence-electron chi connectivity index (χ3n) is 3.75. The van der Waals surface area contributed by atoms with Crippen LogP contribution in [0.25, 0.3) is 0 Å². The van der Waals surface area contributed by atoms with Crippen LogP contribution in [-0.4, -0.2) is 0 Å². The minimum atomic E-state index is 0.990. The van der Waals surface area contributed by atoms with Gasteiger partial charge in [0.15, 0.2) is 0 Å². The Labute approximate surface area is 68.7 Å². The lowest BCUT2D eigenvalue weighted by molar-refractivity contribution is 0.394. The molecule has 0 aliphatic heterocycles. The highest BCUT2D eigenvalue weighted by Crippen LogP contribution is 2.49. The van der Waals surface area contributed by atoms with Crippen LogP contribution in [0.4, 0.5) is 0 Å². The van der Waals surface area contributed by atoms with Gasteiger partial charge in [0.1, 0.15) is 0 Å². The molecule has 60 valence electrons. The number of hydrogen-bond donors (Lipinski definition) is 0. The first kappa shape index (κ1) is 6.28. The molecule has 3 aliphatic carbocycles. The number of fused-ring (bicyclic) bond motifs is 2. The van der Waals surface area contributed by atoms with Gasteiger partial charge in [0.2, 0.25) is 0 Å². The van der Waals surface area contributed by atoms with Crippen molar-refractivity contribution in [1.82, 2.24) is 0 Å². The highest BCUT2D eigenvalue weighted by Gasteiger charge is 2.38. The Balaban J connectivity index is 1.66. The zero-order valence-electron chi connectivity index (χ0n) is 7.00. The van der Waals surface area contributed by atoms with E-state index < -0.39 is 0 Å². The van der Waals surface area contributed by atoms with E-state index in [4.69, 9.17) is 0 Å². The van der Waals surface area contributed by atoms with Crippen LogP contribution in [-0.2, 0) is 0 Å². The Kier molecular flexibility index (Phi) is 1.21. The van der Waals surface area contributed by atoms with Crippen LogP contribution in [0.1, 0.15) is 32.1 Å². The van der Waals surface area contributed by atoms with E-state index in [9.17, 15) is 0 Å². The second-order valence-electron chi connectivity index (χ2n) is 4.72. The van der Waals surface area contributed by atoms with E-state index in [2.05, 4.69) is 12.2 Å². The van der Waals surface area contributed by atoms with Crippen LogP contribution in [0.15, 0.2) is 12.2 Å². The van der Waals surface area contributed by atoms with Crippen LogP contribution in [0.2, 0.25) is 0 Å². The van der Waals surface area contributed by atoms with Crippen molar-refractivity contribution < 1.29 is 0 Å². The van der Waals surface area contributed by atoms with Gasteiger partial charge in [-0.05, 0) is 42.9 Å². The van der Waals surface area contributed by atoms with Crippen LogP contribution in [0.3, 0.4) is 0 Å². The Bertz CT molecular complexity index is 188.